The first-order valence-electron chi connectivity index (χ1n) is 7.15. The zero-order valence-corrected chi connectivity index (χ0v) is 12.9. The molecule has 2 aromatic carbocycles. The van der Waals surface area contributed by atoms with Crippen LogP contribution in [0, 0.1) is 6.92 Å². The van der Waals surface area contributed by atoms with E-state index in [1.54, 1.807) is 24.8 Å². The van der Waals surface area contributed by atoms with Crippen molar-refractivity contribution in [1.29, 1.82) is 0 Å². The van der Waals surface area contributed by atoms with Gasteiger partial charge in [0.05, 0.1) is 24.2 Å². The number of carboxylic acids is 1. The van der Waals surface area contributed by atoms with Crippen LogP contribution < -0.4 is 4.74 Å². The molecule has 0 saturated carbocycles. The first-order chi connectivity index (χ1) is 11.1. The van der Waals surface area contributed by atoms with Crippen molar-refractivity contribution in [3.63, 3.8) is 0 Å². The number of methoxy groups -OCH3 is 1. The van der Waals surface area contributed by atoms with Gasteiger partial charge in [0.2, 0.25) is 0 Å². The van der Waals surface area contributed by atoms with Gasteiger partial charge in [0.1, 0.15) is 11.3 Å². The summed E-state index contributed by atoms with van der Waals surface area (Å²) in [6.07, 6.45) is 0. The summed E-state index contributed by atoms with van der Waals surface area (Å²) in [6.45, 7) is 1.70. The Kier molecular flexibility index (Phi) is 3.85. The number of aryl methyl sites for hydroxylation is 1. The van der Waals surface area contributed by atoms with E-state index < -0.39 is 5.97 Å². The van der Waals surface area contributed by atoms with Crippen molar-refractivity contribution < 1.29 is 14.6 Å². The van der Waals surface area contributed by atoms with Crippen molar-refractivity contribution >= 4 is 5.97 Å². The molecule has 0 spiro atoms. The van der Waals surface area contributed by atoms with Crippen LogP contribution in [0.25, 0.3) is 16.9 Å². The normalized spacial score (nSPS) is 10.5. The Morgan fingerprint density at radius 3 is 2.39 bits per heavy atom. The molecule has 0 amide bonds. The summed E-state index contributed by atoms with van der Waals surface area (Å²) < 4.78 is 7.05. The molecule has 23 heavy (non-hydrogen) atoms. The van der Waals surface area contributed by atoms with Gasteiger partial charge in [0.25, 0.3) is 0 Å². The van der Waals surface area contributed by atoms with E-state index in [0.717, 1.165) is 5.69 Å². The first kappa shape index (κ1) is 14.8. The zero-order valence-electron chi connectivity index (χ0n) is 12.9. The fourth-order valence-electron chi connectivity index (χ4n) is 2.63. The lowest BCUT2D eigenvalue weighted by atomic mass is 10.0. The minimum Gasteiger partial charge on any atom is -0.496 e. The van der Waals surface area contributed by atoms with E-state index >= 15 is 0 Å². The maximum atomic E-state index is 11.8. The van der Waals surface area contributed by atoms with Crippen LogP contribution in [-0.4, -0.2) is 28.0 Å². The maximum absolute atomic E-state index is 11.8. The van der Waals surface area contributed by atoms with Crippen molar-refractivity contribution in [1.82, 2.24) is 9.78 Å². The molecule has 0 atom stereocenters. The minimum absolute atomic E-state index is 0.179. The molecule has 3 aromatic rings. The Balaban J connectivity index is 2.35. The number of carbonyl (C=O) groups is 1. The zero-order chi connectivity index (χ0) is 16.4. The summed E-state index contributed by atoms with van der Waals surface area (Å²) in [4.78, 5) is 11.8. The lowest BCUT2D eigenvalue weighted by Gasteiger charge is -2.12. The van der Waals surface area contributed by atoms with E-state index in [-0.39, 0.29) is 5.56 Å². The Morgan fingerprint density at radius 1 is 1.09 bits per heavy atom. The highest BCUT2D eigenvalue weighted by Crippen LogP contribution is 2.35. The average Bonchev–Trinajstić information content (AvgIpc) is 2.93. The molecule has 0 aliphatic carbocycles. The molecule has 5 nitrogen and oxygen atoms in total. The molecule has 0 radical (unpaired) electrons. The summed E-state index contributed by atoms with van der Waals surface area (Å²) in [5.41, 5.74) is 2.64. The van der Waals surface area contributed by atoms with Crippen LogP contribution in [0.4, 0.5) is 0 Å². The molecule has 0 unspecified atom stereocenters. The third-order valence-corrected chi connectivity index (χ3v) is 3.64. The number of aromatic carboxylic acids is 1. The maximum Gasteiger partial charge on any atom is 0.339 e. The Hall–Kier alpha value is -3.08. The fourth-order valence-corrected chi connectivity index (χ4v) is 2.63. The highest BCUT2D eigenvalue weighted by molar-refractivity contribution is 5.97. The number of carboxylic acid groups (broad SMARTS) is 1. The Bertz CT molecular complexity index is 854. The van der Waals surface area contributed by atoms with E-state index in [2.05, 4.69) is 5.10 Å². The second-order valence-corrected chi connectivity index (χ2v) is 5.06. The van der Waals surface area contributed by atoms with Crippen molar-refractivity contribution in [3.05, 3.63) is 65.9 Å². The van der Waals surface area contributed by atoms with Gasteiger partial charge in [-0.15, -0.1) is 0 Å². The van der Waals surface area contributed by atoms with E-state index in [0.29, 0.717) is 22.7 Å². The van der Waals surface area contributed by atoms with E-state index in [9.17, 15) is 9.90 Å². The number of benzene rings is 2. The predicted molar refractivity (Wildman–Crippen MR) is 87.2 cm³/mol. The largest absolute Gasteiger partial charge is 0.496 e. The van der Waals surface area contributed by atoms with Gasteiger partial charge in [0, 0.05) is 5.56 Å². The minimum atomic E-state index is -1.01. The van der Waals surface area contributed by atoms with Gasteiger partial charge in [-0.25, -0.2) is 9.48 Å². The van der Waals surface area contributed by atoms with Crippen LogP contribution in [0.2, 0.25) is 0 Å². The van der Waals surface area contributed by atoms with Crippen LogP contribution in [0.1, 0.15) is 16.1 Å². The second kappa shape index (κ2) is 5.96. The van der Waals surface area contributed by atoms with Crippen LogP contribution in [0.5, 0.6) is 5.75 Å². The number of aromatic nitrogens is 2. The molecule has 1 aromatic heterocycles. The summed E-state index contributed by atoms with van der Waals surface area (Å²) in [7, 11) is 1.56. The van der Waals surface area contributed by atoms with Gasteiger partial charge in [-0.1, -0.05) is 30.3 Å². The number of para-hydroxylation sites is 2. The number of hydrogen-bond donors (Lipinski definition) is 1. The van der Waals surface area contributed by atoms with E-state index in [1.807, 2.05) is 48.5 Å². The Morgan fingerprint density at radius 2 is 1.74 bits per heavy atom. The van der Waals surface area contributed by atoms with Crippen molar-refractivity contribution in [2.24, 2.45) is 0 Å². The third kappa shape index (κ3) is 2.57. The lowest BCUT2D eigenvalue weighted by Crippen LogP contribution is -2.04. The smallest absolute Gasteiger partial charge is 0.339 e. The standard InChI is InChI=1S/C18H16N2O3/c1-12-16(18(21)22)17(14-10-6-7-11-15(14)23-2)20(19-12)13-8-4-3-5-9-13/h3-11H,1-2H3,(H,21,22). The molecular weight excluding hydrogens is 292 g/mol. The molecule has 116 valence electrons. The van der Waals surface area contributed by atoms with Gasteiger partial charge < -0.3 is 9.84 Å². The van der Waals surface area contributed by atoms with E-state index in [1.165, 1.54) is 0 Å². The third-order valence-electron chi connectivity index (χ3n) is 3.64. The van der Waals surface area contributed by atoms with Crippen LogP contribution in [0.3, 0.4) is 0 Å². The highest BCUT2D eigenvalue weighted by Gasteiger charge is 2.25. The molecule has 0 aliphatic rings. The number of hydrogen-bond acceptors (Lipinski definition) is 3. The average molecular weight is 308 g/mol. The van der Waals surface area contributed by atoms with Crippen molar-refractivity contribution in [2.45, 2.75) is 6.92 Å². The van der Waals surface area contributed by atoms with Gasteiger partial charge in [-0.05, 0) is 31.2 Å². The van der Waals surface area contributed by atoms with Gasteiger partial charge in [-0.3, -0.25) is 0 Å². The fraction of sp³-hybridized carbons (Fsp3) is 0.111. The van der Waals surface area contributed by atoms with Gasteiger partial charge in [-0.2, -0.15) is 5.10 Å². The molecule has 0 bridgehead atoms. The highest BCUT2D eigenvalue weighted by atomic mass is 16.5. The summed E-state index contributed by atoms with van der Waals surface area (Å²) in [6, 6.07) is 16.8. The lowest BCUT2D eigenvalue weighted by molar-refractivity contribution is 0.0697. The van der Waals surface area contributed by atoms with Crippen LogP contribution >= 0.6 is 0 Å². The van der Waals surface area contributed by atoms with Crippen LogP contribution in [-0.2, 0) is 0 Å². The van der Waals surface area contributed by atoms with Gasteiger partial charge in [0.15, 0.2) is 0 Å². The Labute approximate surface area is 133 Å². The summed E-state index contributed by atoms with van der Waals surface area (Å²) in [5, 5.41) is 14.1. The monoisotopic (exact) mass is 308 g/mol. The number of ether oxygens (including phenoxy) is 1. The summed E-state index contributed by atoms with van der Waals surface area (Å²) >= 11 is 0. The second-order valence-electron chi connectivity index (χ2n) is 5.06. The van der Waals surface area contributed by atoms with Crippen molar-refractivity contribution in [2.75, 3.05) is 7.11 Å². The molecule has 1 heterocycles. The molecule has 1 N–H and O–H groups in total. The van der Waals surface area contributed by atoms with E-state index in [4.69, 9.17) is 4.74 Å². The predicted octanol–water partition coefficient (Wildman–Crippen LogP) is 3.55. The molecule has 0 aliphatic heterocycles. The quantitative estimate of drug-likeness (QED) is 0.800. The molecule has 5 heteroatoms. The molecule has 3 rings (SSSR count). The SMILES string of the molecule is COc1ccccc1-c1c(C(=O)O)c(C)nn1-c1ccccc1. The van der Waals surface area contributed by atoms with Crippen molar-refractivity contribution in [3.8, 4) is 22.7 Å². The number of nitrogens with zero attached hydrogens (tertiary/aromatic N) is 2. The number of rotatable bonds is 4. The first-order valence-corrected chi connectivity index (χ1v) is 7.15. The molecular formula is C18H16N2O3. The van der Waals surface area contributed by atoms with Crippen LogP contribution in [0.15, 0.2) is 54.6 Å². The van der Waals surface area contributed by atoms with Gasteiger partial charge >= 0.3 is 5.97 Å². The topological polar surface area (TPSA) is 64.3 Å². The molecule has 0 fully saturated rings. The summed E-state index contributed by atoms with van der Waals surface area (Å²) in [5.74, 6) is -0.405. The molecule has 0 saturated heterocycles.